The molecule has 0 bridgehead atoms. The van der Waals surface area contributed by atoms with Gasteiger partial charge >= 0.3 is 0 Å². The number of hydrogen-bond acceptors (Lipinski definition) is 4. The zero-order chi connectivity index (χ0) is 18.3. The van der Waals surface area contributed by atoms with Gasteiger partial charge in [-0.05, 0) is 31.2 Å². The van der Waals surface area contributed by atoms with E-state index in [1.54, 1.807) is 6.07 Å². The maximum absolute atomic E-state index is 6.28. The second-order valence-electron chi connectivity index (χ2n) is 6.48. The van der Waals surface area contributed by atoms with Crippen molar-refractivity contribution in [2.24, 2.45) is 0 Å². The summed E-state index contributed by atoms with van der Waals surface area (Å²) in [5.41, 5.74) is 2.85. The highest BCUT2D eigenvalue weighted by Gasteiger charge is 2.26. The molecule has 1 aliphatic heterocycles. The third kappa shape index (κ3) is 3.29. The van der Waals surface area contributed by atoms with E-state index < -0.39 is 0 Å². The Bertz CT molecular complexity index is 942. The minimum absolute atomic E-state index is 0.292. The van der Waals surface area contributed by atoms with E-state index in [1.165, 1.54) is 0 Å². The van der Waals surface area contributed by atoms with Crippen molar-refractivity contribution in [2.45, 2.75) is 13.0 Å². The molecule has 1 unspecified atom stereocenters. The molecule has 134 valence electrons. The fraction of sp³-hybridized carbons (Fsp3) is 0.263. The van der Waals surface area contributed by atoms with Crippen molar-refractivity contribution in [3.63, 3.8) is 0 Å². The molecule has 1 aromatic heterocycles. The summed E-state index contributed by atoms with van der Waals surface area (Å²) >= 11 is 18.6. The molecule has 4 rings (SSSR count). The Morgan fingerprint density at radius 2 is 1.81 bits per heavy atom. The van der Waals surface area contributed by atoms with Crippen molar-refractivity contribution in [1.82, 2.24) is 10.2 Å². The summed E-state index contributed by atoms with van der Waals surface area (Å²) in [4.78, 5) is 4.67. The number of fused-ring (bicyclic) bond motifs is 1. The van der Waals surface area contributed by atoms with Crippen molar-refractivity contribution < 1.29 is 0 Å². The lowest BCUT2D eigenvalue weighted by Gasteiger charge is -2.42. The first kappa shape index (κ1) is 17.7. The van der Waals surface area contributed by atoms with E-state index >= 15 is 0 Å². The standard InChI is InChI=1S/C19H17Cl3N4/c1-12-11-25(5-6-26(12)15-8-13(20)7-14(21)9-15)18-10-23-24-19-16(18)3-2-4-17(19)22/h2-4,7-10,12H,5-6,11H2,1H3. The van der Waals surface area contributed by atoms with Crippen LogP contribution < -0.4 is 9.80 Å². The summed E-state index contributed by atoms with van der Waals surface area (Å²) in [6, 6.07) is 11.8. The minimum Gasteiger partial charge on any atom is -0.366 e. The molecule has 7 heteroatoms. The van der Waals surface area contributed by atoms with Crippen molar-refractivity contribution in [2.75, 3.05) is 29.4 Å². The Hall–Kier alpha value is -1.75. The molecule has 3 aromatic rings. The Kier molecular flexibility index (Phi) is 4.82. The maximum atomic E-state index is 6.28. The Morgan fingerprint density at radius 1 is 1.04 bits per heavy atom. The predicted octanol–water partition coefficient (Wildman–Crippen LogP) is 5.31. The van der Waals surface area contributed by atoms with Crippen molar-refractivity contribution >= 4 is 57.1 Å². The van der Waals surface area contributed by atoms with Crippen LogP contribution in [0.25, 0.3) is 10.9 Å². The largest absolute Gasteiger partial charge is 0.366 e. The van der Waals surface area contributed by atoms with Gasteiger partial charge in [-0.3, -0.25) is 0 Å². The van der Waals surface area contributed by atoms with Crippen LogP contribution in [0.3, 0.4) is 0 Å². The van der Waals surface area contributed by atoms with Gasteiger partial charge in [-0.1, -0.05) is 46.9 Å². The van der Waals surface area contributed by atoms with E-state index in [4.69, 9.17) is 34.8 Å². The zero-order valence-corrected chi connectivity index (χ0v) is 16.4. The highest BCUT2D eigenvalue weighted by atomic mass is 35.5. The zero-order valence-electron chi connectivity index (χ0n) is 14.2. The van der Waals surface area contributed by atoms with Crippen molar-refractivity contribution in [3.05, 3.63) is 57.7 Å². The van der Waals surface area contributed by atoms with Gasteiger partial charge in [0.05, 0.1) is 16.9 Å². The fourth-order valence-corrected chi connectivity index (χ4v) is 4.28. The van der Waals surface area contributed by atoms with E-state index in [9.17, 15) is 0 Å². The van der Waals surface area contributed by atoms with Crippen LogP contribution in [-0.4, -0.2) is 35.9 Å². The molecule has 0 amide bonds. The Labute approximate surface area is 167 Å². The second kappa shape index (κ2) is 7.10. The van der Waals surface area contributed by atoms with Crippen LogP contribution in [0.4, 0.5) is 11.4 Å². The number of rotatable bonds is 2. The summed E-state index contributed by atoms with van der Waals surface area (Å²) in [6.07, 6.45) is 1.82. The smallest absolute Gasteiger partial charge is 0.114 e. The van der Waals surface area contributed by atoms with Gasteiger partial charge in [0.15, 0.2) is 0 Å². The lowest BCUT2D eigenvalue weighted by molar-refractivity contribution is 0.551. The molecule has 0 N–H and O–H groups in total. The van der Waals surface area contributed by atoms with Gasteiger partial charge in [-0.2, -0.15) is 5.10 Å². The summed E-state index contributed by atoms with van der Waals surface area (Å²) in [5.74, 6) is 0. The average Bonchev–Trinajstić information content (AvgIpc) is 2.61. The van der Waals surface area contributed by atoms with Crippen LogP contribution in [0.15, 0.2) is 42.6 Å². The van der Waals surface area contributed by atoms with Gasteiger partial charge in [0.1, 0.15) is 5.52 Å². The second-order valence-corrected chi connectivity index (χ2v) is 7.76. The molecule has 4 nitrogen and oxygen atoms in total. The van der Waals surface area contributed by atoms with Crippen LogP contribution >= 0.6 is 34.8 Å². The summed E-state index contributed by atoms with van der Waals surface area (Å²) in [7, 11) is 0. The summed E-state index contributed by atoms with van der Waals surface area (Å²) < 4.78 is 0. The van der Waals surface area contributed by atoms with E-state index in [2.05, 4.69) is 26.9 Å². The first-order valence-corrected chi connectivity index (χ1v) is 9.54. The highest BCUT2D eigenvalue weighted by Crippen LogP contribution is 2.32. The molecule has 0 radical (unpaired) electrons. The van der Waals surface area contributed by atoms with Gasteiger partial charge in [-0.25, -0.2) is 0 Å². The van der Waals surface area contributed by atoms with E-state index in [-0.39, 0.29) is 0 Å². The Morgan fingerprint density at radius 3 is 2.54 bits per heavy atom. The third-order valence-corrected chi connectivity index (χ3v) is 5.49. The average molecular weight is 408 g/mol. The SMILES string of the molecule is CC1CN(c2cnnc3c(Cl)cccc23)CCN1c1cc(Cl)cc(Cl)c1. The number of aromatic nitrogens is 2. The molecule has 1 aliphatic rings. The van der Waals surface area contributed by atoms with E-state index in [0.29, 0.717) is 21.1 Å². The van der Waals surface area contributed by atoms with E-state index in [0.717, 1.165) is 41.9 Å². The monoisotopic (exact) mass is 406 g/mol. The Balaban J connectivity index is 1.62. The van der Waals surface area contributed by atoms with Crippen molar-refractivity contribution in [3.8, 4) is 0 Å². The molecule has 26 heavy (non-hydrogen) atoms. The number of hydrogen-bond donors (Lipinski definition) is 0. The van der Waals surface area contributed by atoms with Gasteiger partial charge in [0.2, 0.25) is 0 Å². The minimum atomic E-state index is 0.292. The summed E-state index contributed by atoms with van der Waals surface area (Å²) in [6.45, 7) is 4.78. The van der Waals surface area contributed by atoms with E-state index in [1.807, 2.05) is 36.5 Å². The molecular weight excluding hydrogens is 391 g/mol. The van der Waals surface area contributed by atoms with Crippen LogP contribution in [-0.2, 0) is 0 Å². The molecule has 1 atom stereocenters. The topological polar surface area (TPSA) is 32.3 Å². The molecule has 0 spiro atoms. The molecule has 1 saturated heterocycles. The van der Waals surface area contributed by atoms with Crippen LogP contribution in [0, 0.1) is 0 Å². The van der Waals surface area contributed by atoms with Crippen molar-refractivity contribution in [1.29, 1.82) is 0 Å². The molecule has 2 heterocycles. The lowest BCUT2D eigenvalue weighted by Crippen LogP contribution is -2.52. The number of nitrogens with zero attached hydrogens (tertiary/aromatic N) is 4. The summed E-state index contributed by atoms with van der Waals surface area (Å²) in [5, 5.41) is 11.3. The number of halogens is 3. The maximum Gasteiger partial charge on any atom is 0.114 e. The van der Waals surface area contributed by atoms with Crippen LogP contribution in [0.5, 0.6) is 0 Å². The third-order valence-electron chi connectivity index (χ3n) is 4.75. The van der Waals surface area contributed by atoms with Crippen LogP contribution in [0.2, 0.25) is 15.1 Å². The molecule has 0 aliphatic carbocycles. The number of piperazine rings is 1. The molecule has 1 fully saturated rings. The number of anilines is 2. The first-order chi connectivity index (χ1) is 12.5. The predicted molar refractivity (Wildman–Crippen MR) is 110 cm³/mol. The number of benzene rings is 2. The highest BCUT2D eigenvalue weighted by molar-refractivity contribution is 6.35. The van der Waals surface area contributed by atoms with Gasteiger partial charge in [-0.15, -0.1) is 5.10 Å². The lowest BCUT2D eigenvalue weighted by atomic mass is 10.1. The molecule has 0 saturated carbocycles. The van der Waals surface area contributed by atoms with Gasteiger partial charge in [0.25, 0.3) is 0 Å². The quantitative estimate of drug-likeness (QED) is 0.576. The molecule has 2 aromatic carbocycles. The molecular formula is C19H17Cl3N4. The van der Waals surface area contributed by atoms with Gasteiger partial charge in [0, 0.05) is 46.8 Å². The fourth-order valence-electron chi connectivity index (χ4n) is 3.55. The first-order valence-electron chi connectivity index (χ1n) is 8.40. The van der Waals surface area contributed by atoms with Gasteiger partial charge < -0.3 is 9.80 Å². The van der Waals surface area contributed by atoms with Crippen LogP contribution in [0.1, 0.15) is 6.92 Å². The normalized spacial score (nSPS) is 17.8.